The first-order chi connectivity index (χ1) is 6.61. The van der Waals surface area contributed by atoms with Gasteiger partial charge in [-0.25, -0.2) is 0 Å². The molecule has 0 unspecified atom stereocenters. The summed E-state index contributed by atoms with van der Waals surface area (Å²) in [6.07, 6.45) is 0. The van der Waals surface area contributed by atoms with Crippen molar-refractivity contribution < 1.29 is 4.92 Å². The quantitative estimate of drug-likeness (QED) is 0.591. The fourth-order valence-electron chi connectivity index (χ4n) is 1.02. The Morgan fingerprint density at radius 1 is 1.43 bits per heavy atom. The molecular weight excluding hydrogens is 338 g/mol. The van der Waals surface area contributed by atoms with Crippen molar-refractivity contribution in [3.05, 3.63) is 25.1 Å². The van der Waals surface area contributed by atoms with E-state index in [0.717, 1.165) is 11.7 Å². The van der Waals surface area contributed by atoms with E-state index < -0.39 is 4.92 Å². The topological polar surface area (TPSA) is 68.9 Å². The van der Waals surface area contributed by atoms with E-state index in [1.807, 2.05) is 0 Å². The van der Waals surface area contributed by atoms with Gasteiger partial charge in [-0.2, -0.15) is 8.75 Å². The summed E-state index contributed by atoms with van der Waals surface area (Å²) in [5.41, 5.74) is 1.13. The lowest BCUT2D eigenvalue weighted by Crippen LogP contribution is -1.91. The lowest BCUT2D eigenvalue weighted by atomic mass is 10.3. The van der Waals surface area contributed by atoms with Gasteiger partial charge in [-0.05, 0) is 37.9 Å². The molecule has 0 atom stereocenters. The van der Waals surface area contributed by atoms with Gasteiger partial charge in [0.1, 0.15) is 15.5 Å². The molecule has 0 spiro atoms. The first-order valence-electron chi connectivity index (χ1n) is 3.36. The van der Waals surface area contributed by atoms with Gasteiger partial charge in [0, 0.05) is 0 Å². The zero-order valence-electron chi connectivity index (χ0n) is 6.40. The third-order valence-corrected chi connectivity index (χ3v) is 3.50. The fourth-order valence-corrected chi connectivity index (χ4v) is 3.14. The summed E-state index contributed by atoms with van der Waals surface area (Å²) in [5, 5.41) is 10.7. The molecular formula is C6HBr2N3O2S. The monoisotopic (exact) mass is 337 g/mol. The summed E-state index contributed by atoms with van der Waals surface area (Å²) in [5.74, 6) is 0. The van der Waals surface area contributed by atoms with Crippen LogP contribution in [-0.2, 0) is 0 Å². The molecule has 0 radical (unpaired) electrons. The number of nitro benzene ring substituents is 1. The zero-order chi connectivity index (χ0) is 10.3. The smallest absolute Gasteiger partial charge is 0.258 e. The molecule has 8 heteroatoms. The number of nitrogens with zero attached hydrogens (tertiary/aromatic N) is 3. The summed E-state index contributed by atoms with van der Waals surface area (Å²) in [6, 6.07) is 1.59. The van der Waals surface area contributed by atoms with Crippen molar-refractivity contribution in [1.82, 2.24) is 8.75 Å². The van der Waals surface area contributed by atoms with Crippen molar-refractivity contribution in [3.8, 4) is 0 Å². The van der Waals surface area contributed by atoms with E-state index in [1.165, 1.54) is 0 Å². The summed E-state index contributed by atoms with van der Waals surface area (Å²) in [6.45, 7) is 0. The van der Waals surface area contributed by atoms with Crippen molar-refractivity contribution in [2.75, 3.05) is 0 Å². The van der Waals surface area contributed by atoms with Crippen LogP contribution in [0.3, 0.4) is 0 Å². The maximum absolute atomic E-state index is 10.7. The molecule has 1 heterocycles. The normalized spacial score (nSPS) is 10.7. The number of hydrogen-bond donors (Lipinski definition) is 0. The minimum atomic E-state index is -0.465. The number of fused-ring (bicyclic) bond motifs is 1. The van der Waals surface area contributed by atoms with Crippen LogP contribution in [0.1, 0.15) is 0 Å². The van der Waals surface area contributed by atoms with Gasteiger partial charge < -0.3 is 0 Å². The molecule has 1 aromatic heterocycles. The van der Waals surface area contributed by atoms with E-state index in [4.69, 9.17) is 0 Å². The molecule has 0 aliphatic heterocycles. The highest BCUT2D eigenvalue weighted by Crippen LogP contribution is 2.38. The SMILES string of the molecule is O=[N+]([O-])c1c(Br)cc2nsnc2c1Br. The molecule has 0 aliphatic rings. The second-order valence-electron chi connectivity index (χ2n) is 2.41. The van der Waals surface area contributed by atoms with Gasteiger partial charge in [0.15, 0.2) is 0 Å². The Hall–Kier alpha value is -0.600. The van der Waals surface area contributed by atoms with E-state index in [-0.39, 0.29) is 5.69 Å². The maximum atomic E-state index is 10.7. The van der Waals surface area contributed by atoms with Crippen LogP contribution in [-0.4, -0.2) is 13.7 Å². The van der Waals surface area contributed by atoms with Gasteiger partial charge in [-0.1, -0.05) is 0 Å². The van der Waals surface area contributed by atoms with Crippen LogP contribution in [0.25, 0.3) is 11.0 Å². The van der Waals surface area contributed by atoms with Gasteiger partial charge in [-0.15, -0.1) is 0 Å². The van der Waals surface area contributed by atoms with E-state index in [9.17, 15) is 10.1 Å². The predicted octanol–water partition coefficient (Wildman–Crippen LogP) is 3.12. The maximum Gasteiger partial charge on any atom is 0.299 e. The molecule has 0 bridgehead atoms. The van der Waals surface area contributed by atoms with E-state index in [1.54, 1.807) is 6.07 Å². The lowest BCUT2D eigenvalue weighted by Gasteiger charge is -1.97. The fraction of sp³-hybridized carbons (Fsp3) is 0. The van der Waals surface area contributed by atoms with Crippen molar-refractivity contribution in [3.63, 3.8) is 0 Å². The summed E-state index contributed by atoms with van der Waals surface area (Å²) in [4.78, 5) is 10.2. The van der Waals surface area contributed by atoms with Crippen LogP contribution < -0.4 is 0 Å². The molecule has 0 fully saturated rings. The number of benzene rings is 1. The lowest BCUT2D eigenvalue weighted by molar-refractivity contribution is -0.386. The predicted molar refractivity (Wildman–Crippen MR) is 59.5 cm³/mol. The second-order valence-corrected chi connectivity index (χ2v) is 4.59. The largest absolute Gasteiger partial charge is 0.299 e. The average molecular weight is 339 g/mol. The Labute approximate surface area is 98.9 Å². The molecule has 1 aromatic carbocycles. The molecule has 72 valence electrons. The van der Waals surface area contributed by atoms with Crippen LogP contribution in [0.4, 0.5) is 5.69 Å². The number of halogens is 2. The minimum absolute atomic E-state index is 0.0230. The molecule has 2 aromatic rings. The second kappa shape index (κ2) is 3.52. The van der Waals surface area contributed by atoms with E-state index in [0.29, 0.717) is 20.0 Å². The first-order valence-corrected chi connectivity index (χ1v) is 5.67. The number of hydrogen-bond acceptors (Lipinski definition) is 5. The summed E-state index contributed by atoms with van der Waals surface area (Å²) >= 11 is 7.29. The van der Waals surface area contributed by atoms with Gasteiger partial charge in [0.25, 0.3) is 5.69 Å². The highest BCUT2D eigenvalue weighted by molar-refractivity contribution is 9.11. The van der Waals surface area contributed by atoms with Crippen molar-refractivity contribution in [2.45, 2.75) is 0 Å². The Kier molecular flexibility index (Phi) is 2.50. The minimum Gasteiger partial charge on any atom is -0.258 e. The molecule has 0 N–H and O–H groups in total. The van der Waals surface area contributed by atoms with E-state index >= 15 is 0 Å². The Morgan fingerprint density at radius 3 is 2.79 bits per heavy atom. The van der Waals surface area contributed by atoms with Gasteiger partial charge in [0.2, 0.25) is 0 Å². The Bertz CT molecular complexity index is 527. The van der Waals surface area contributed by atoms with Crippen LogP contribution in [0, 0.1) is 10.1 Å². The first kappa shape index (κ1) is 9.94. The zero-order valence-corrected chi connectivity index (χ0v) is 10.4. The van der Waals surface area contributed by atoms with Gasteiger partial charge >= 0.3 is 0 Å². The van der Waals surface area contributed by atoms with Crippen LogP contribution in [0.15, 0.2) is 15.0 Å². The van der Waals surface area contributed by atoms with Gasteiger partial charge in [-0.3, -0.25) is 10.1 Å². The molecule has 0 amide bonds. The Balaban J connectivity index is 2.89. The third-order valence-electron chi connectivity index (χ3n) is 1.60. The number of rotatable bonds is 1. The molecule has 0 saturated carbocycles. The van der Waals surface area contributed by atoms with Crippen molar-refractivity contribution in [2.24, 2.45) is 0 Å². The molecule has 5 nitrogen and oxygen atoms in total. The van der Waals surface area contributed by atoms with Crippen LogP contribution >= 0.6 is 43.6 Å². The van der Waals surface area contributed by atoms with Crippen molar-refractivity contribution >= 4 is 60.3 Å². The Morgan fingerprint density at radius 2 is 2.14 bits per heavy atom. The standard InChI is InChI=1S/C6HBr2N3O2S/c7-2-1-3-5(10-14-9-3)4(8)6(2)11(12)13/h1H. The average Bonchev–Trinajstić information content (AvgIpc) is 2.50. The third kappa shape index (κ3) is 1.43. The van der Waals surface area contributed by atoms with E-state index in [2.05, 4.69) is 40.6 Å². The highest BCUT2D eigenvalue weighted by Gasteiger charge is 2.21. The summed E-state index contributed by atoms with van der Waals surface area (Å²) < 4.78 is 8.71. The highest BCUT2D eigenvalue weighted by atomic mass is 79.9. The van der Waals surface area contributed by atoms with Crippen molar-refractivity contribution in [1.29, 1.82) is 0 Å². The van der Waals surface area contributed by atoms with Gasteiger partial charge in [0.05, 0.1) is 21.1 Å². The number of aromatic nitrogens is 2. The molecule has 14 heavy (non-hydrogen) atoms. The molecule has 0 saturated heterocycles. The summed E-state index contributed by atoms with van der Waals surface area (Å²) in [7, 11) is 0. The molecule has 0 aliphatic carbocycles. The number of nitro groups is 1. The van der Waals surface area contributed by atoms with Crippen LogP contribution in [0.2, 0.25) is 0 Å². The molecule has 2 rings (SSSR count). The van der Waals surface area contributed by atoms with Crippen LogP contribution in [0.5, 0.6) is 0 Å².